The summed E-state index contributed by atoms with van der Waals surface area (Å²) in [6, 6.07) is 0. The molecule has 2 heterocycles. The maximum Gasteiger partial charge on any atom is 0.236 e. The molecule has 2 N–H and O–H groups in total. The third kappa shape index (κ3) is 1.30. The minimum absolute atomic E-state index is 0.0434. The van der Waals surface area contributed by atoms with Gasteiger partial charge in [-0.05, 0) is 0 Å². The van der Waals surface area contributed by atoms with Gasteiger partial charge in [0, 0.05) is 12.4 Å². The van der Waals surface area contributed by atoms with Gasteiger partial charge in [-0.2, -0.15) is 0 Å². The third-order valence-electron chi connectivity index (χ3n) is 1.95. The Labute approximate surface area is 79.7 Å². The number of nitrogen functional groups attached to an aromatic ring is 1. The van der Waals surface area contributed by atoms with E-state index in [1.165, 1.54) is 17.3 Å². The molecule has 0 aromatic carbocycles. The number of carbonyl (C=O) groups is 2. The topological polar surface area (TPSA) is 89.2 Å². The maximum atomic E-state index is 11.3. The molecule has 1 aliphatic heterocycles. The average Bonchev–Trinajstić information content (AvgIpc) is 2.46. The number of ketones is 1. The smallest absolute Gasteiger partial charge is 0.236 e. The summed E-state index contributed by atoms with van der Waals surface area (Å²) < 4.78 is 0. The molecule has 0 saturated carbocycles. The number of aromatic nitrogens is 2. The van der Waals surface area contributed by atoms with Crippen LogP contribution >= 0.6 is 0 Å². The average molecular weight is 192 g/mol. The molecule has 0 atom stereocenters. The molecule has 6 heteroatoms. The van der Waals surface area contributed by atoms with E-state index in [1.807, 2.05) is 0 Å². The van der Waals surface area contributed by atoms with Gasteiger partial charge in [-0.15, -0.1) is 0 Å². The predicted molar refractivity (Wildman–Crippen MR) is 48.4 cm³/mol. The van der Waals surface area contributed by atoms with Gasteiger partial charge in [0.1, 0.15) is 0 Å². The van der Waals surface area contributed by atoms with Gasteiger partial charge in [-0.1, -0.05) is 0 Å². The fourth-order valence-corrected chi connectivity index (χ4v) is 1.33. The summed E-state index contributed by atoms with van der Waals surface area (Å²) in [7, 11) is 0. The van der Waals surface area contributed by atoms with E-state index in [9.17, 15) is 9.59 Å². The van der Waals surface area contributed by atoms with Gasteiger partial charge < -0.3 is 5.73 Å². The third-order valence-corrected chi connectivity index (χ3v) is 1.95. The summed E-state index contributed by atoms with van der Waals surface area (Å²) in [6.45, 7) is 0.0434. The number of nitrogens with zero attached hydrogens (tertiary/aromatic N) is 3. The molecule has 0 aliphatic carbocycles. The second-order valence-corrected chi connectivity index (χ2v) is 2.96. The van der Waals surface area contributed by atoms with Crippen molar-refractivity contribution in [3.05, 3.63) is 12.4 Å². The van der Waals surface area contributed by atoms with Gasteiger partial charge in [0.05, 0.1) is 13.0 Å². The molecule has 6 nitrogen and oxygen atoms in total. The molecule has 14 heavy (non-hydrogen) atoms. The van der Waals surface area contributed by atoms with Crippen LogP contribution in [0.5, 0.6) is 0 Å². The van der Waals surface area contributed by atoms with Crippen molar-refractivity contribution in [2.75, 3.05) is 17.2 Å². The zero-order valence-electron chi connectivity index (χ0n) is 7.30. The van der Waals surface area contributed by atoms with Crippen molar-refractivity contribution in [1.82, 2.24) is 9.97 Å². The normalized spacial score (nSPS) is 16.4. The quantitative estimate of drug-likeness (QED) is 0.598. The summed E-state index contributed by atoms with van der Waals surface area (Å²) >= 11 is 0. The van der Waals surface area contributed by atoms with Gasteiger partial charge in [0.25, 0.3) is 0 Å². The van der Waals surface area contributed by atoms with Crippen molar-refractivity contribution in [2.45, 2.75) is 6.42 Å². The van der Waals surface area contributed by atoms with E-state index in [-0.39, 0.29) is 36.3 Å². The molecule has 0 spiro atoms. The molecule has 1 saturated heterocycles. The highest BCUT2D eigenvalue weighted by Crippen LogP contribution is 2.20. The first-order valence-corrected chi connectivity index (χ1v) is 4.07. The number of nitrogens with two attached hydrogens (primary N) is 1. The first-order valence-electron chi connectivity index (χ1n) is 4.07. The molecule has 1 aromatic rings. The summed E-state index contributed by atoms with van der Waals surface area (Å²) in [5.74, 6) is 0.0288. The van der Waals surface area contributed by atoms with Crippen LogP contribution in [0.3, 0.4) is 0 Å². The lowest BCUT2D eigenvalue weighted by atomic mass is 10.3. The van der Waals surface area contributed by atoms with E-state index in [0.717, 1.165) is 0 Å². The van der Waals surface area contributed by atoms with E-state index in [4.69, 9.17) is 5.73 Å². The van der Waals surface area contributed by atoms with E-state index in [0.29, 0.717) is 0 Å². The van der Waals surface area contributed by atoms with Crippen molar-refractivity contribution in [3.8, 4) is 0 Å². The Balaban J connectivity index is 2.36. The van der Waals surface area contributed by atoms with E-state index in [1.54, 1.807) is 0 Å². The van der Waals surface area contributed by atoms with Crippen LogP contribution in [-0.4, -0.2) is 28.2 Å². The van der Waals surface area contributed by atoms with E-state index in [2.05, 4.69) is 9.97 Å². The maximum absolute atomic E-state index is 11.3. The number of Topliss-reactive ketones (excluding diaryl/α,β-unsaturated/α-hetero) is 1. The Morgan fingerprint density at radius 1 is 1.29 bits per heavy atom. The van der Waals surface area contributed by atoms with Crippen molar-refractivity contribution in [3.63, 3.8) is 0 Å². The summed E-state index contributed by atoms with van der Waals surface area (Å²) in [6.07, 6.45) is 2.79. The lowest BCUT2D eigenvalue weighted by Gasteiger charge is -2.13. The SMILES string of the molecule is Nc1nccnc1N1CC(=O)CC1=O. The summed E-state index contributed by atoms with van der Waals surface area (Å²) in [4.78, 5) is 31.3. The second kappa shape index (κ2) is 3.06. The first-order chi connectivity index (χ1) is 6.68. The Morgan fingerprint density at radius 2 is 2.00 bits per heavy atom. The fourth-order valence-electron chi connectivity index (χ4n) is 1.33. The molecule has 1 aliphatic rings. The summed E-state index contributed by atoms with van der Waals surface area (Å²) in [5, 5.41) is 0. The molecule has 2 rings (SSSR count). The van der Waals surface area contributed by atoms with Crippen LogP contribution in [-0.2, 0) is 9.59 Å². The highest BCUT2D eigenvalue weighted by molar-refractivity contribution is 6.15. The number of anilines is 2. The number of carbonyl (C=O) groups excluding carboxylic acids is 2. The molecular formula is C8H8N4O2. The number of hydrogen-bond acceptors (Lipinski definition) is 5. The molecule has 0 radical (unpaired) electrons. The molecular weight excluding hydrogens is 184 g/mol. The van der Waals surface area contributed by atoms with E-state index < -0.39 is 0 Å². The Kier molecular flexibility index (Phi) is 1.88. The number of hydrogen-bond donors (Lipinski definition) is 1. The molecule has 0 bridgehead atoms. The number of rotatable bonds is 1. The Hall–Kier alpha value is -1.98. The monoisotopic (exact) mass is 192 g/mol. The van der Waals surface area contributed by atoms with Crippen LogP contribution in [0.25, 0.3) is 0 Å². The van der Waals surface area contributed by atoms with Crippen LogP contribution in [0.2, 0.25) is 0 Å². The minimum atomic E-state index is -0.276. The van der Waals surface area contributed by atoms with Gasteiger partial charge in [-0.25, -0.2) is 9.97 Å². The standard InChI is InChI=1S/C8H8N4O2/c9-7-8(11-2-1-10-7)12-4-5(13)3-6(12)14/h1-2H,3-4H2,(H2,9,10). The molecule has 1 aromatic heterocycles. The highest BCUT2D eigenvalue weighted by atomic mass is 16.2. The van der Waals surface area contributed by atoms with E-state index >= 15 is 0 Å². The van der Waals surface area contributed by atoms with Gasteiger partial charge >= 0.3 is 0 Å². The van der Waals surface area contributed by atoms with Crippen LogP contribution in [0.15, 0.2) is 12.4 Å². The second-order valence-electron chi connectivity index (χ2n) is 2.96. The van der Waals surface area contributed by atoms with Crippen molar-refractivity contribution in [1.29, 1.82) is 0 Å². The largest absolute Gasteiger partial charge is 0.381 e. The van der Waals surface area contributed by atoms with Crippen molar-refractivity contribution in [2.24, 2.45) is 0 Å². The minimum Gasteiger partial charge on any atom is -0.381 e. The van der Waals surface area contributed by atoms with Gasteiger partial charge in [0.2, 0.25) is 5.91 Å². The van der Waals surface area contributed by atoms with Crippen LogP contribution in [0.4, 0.5) is 11.6 Å². The van der Waals surface area contributed by atoms with Gasteiger partial charge in [0.15, 0.2) is 17.4 Å². The Morgan fingerprint density at radius 3 is 2.57 bits per heavy atom. The van der Waals surface area contributed by atoms with Crippen LogP contribution in [0.1, 0.15) is 6.42 Å². The predicted octanol–water partition coefficient (Wildman–Crippen LogP) is -0.635. The molecule has 1 amide bonds. The Bertz CT molecular complexity index is 404. The lowest BCUT2D eigenvalue weighted by Crippen LogP contribution is -2.26. The fraction of sp³-hybridized carbons (Fsp3) is 0.250. The summed E-state index contributed by atoms with van der Waals surface area (Å²) in [5.41, 5.74) is 5.53. The zero-order chi connectivity index (χ0) is 10.1. The van der Waals surface area contributed by atoms with Crippen LogP contribution in [0, 0.1) is 0 Å². The highest BCUT2D eigenvalue weighted by Gasteiger charge is 2.30. The number of amides is 1. The lowest BCUT2D eigenvalue weighted by molar-refractivity contribution is -0.121. The molecule has 1 fully saturated rings. The van der Waals surface area contributed by atoms with Crippen molar-refractivity contribution < 1.29 is 9.59 Å². The first kappa shape index (κ1) is 8.61. The molecule has 0 unspecified atom stereocenters. The van der Waals surface area contributed by atoms with Gasteiger partial charge in [-0.3, -0.25) is 14.5 Å². The van der Waals surface area contributed by atoms with Crippen LogP contribution < -0.4 is 10.6 Å². The molecule has 72 valence electrons. The zero-order valence-corrected chi connectivity index (χ0v) is 7.30. The van der Waals surface area contributed by atoms with Crippen molar-refractivity contribution >= 4 is 23.3 Å².